The van der Waals surface area contributed by atoms with Gasteiger partial charge in [0.25, 0.3) is 0 Å². The van der Waals surface area contributed by atoms with Crippen molar-refractivity contribution in [2.45, 2.75) is 27.0 Å². The Bertz CT molecular complexity index is 551. The highest BCUT2D eigenvalue weighted by Gasteiger charge is 2.07. The van der Waals surface area contributed by atoms with Crippen LogP contribution in [0.5, 0.6) is 5.75 Å². The van der Waals surface area contributed by atoms with Gasteiger partial charge in [0.2, 0.25) is 0 Å². The largest absolute Gasteiger partial charge is 0.488 e. The fraction of sp³-hybridized carbons (Fsp3) is 0.286. The van der Waals surface area contributed by atoms with Crippen molar-refractivity contribution in [3.05, 3.63) is 51.0 Å². The van der Waals surface area contributed by atoms with E-state index in [-0.39, 0.29) is 5.82 Å². The second-order valence-electron chi connectivity index (χ2n) is 4.20. The number of thiophene rings is 1. The zero-order valence-electron chi connectivity index (χ0n) is 10.5. The van der Waals surface area contributed by atoms with E-state index >= 15 is 0 Å². The fourth-order valence-electron chi connectivity index (χ4n) is 1.72. The first kappa shape index (κ1) is 13.1. The Balaban J connectivity index is 2.11. The zero-order chi connectivity index (χ0) is 13.1. The molecule has 2 N–H and O–H groups in total. The summed E-state index contributed by atoms with van der Waals surface area (Å²) in [6.45, 7) is 4.94. The molecular formula is C14H16FNOS. The van der Waals surface area contributed by atoms with E-state index < -0.39 is 0 Å². The van der Waals surface area contributed by atoms with Crippen molar-refractivity contribution in [3.63, 3.8) is 0 Å². The van der Waals surface area contributed by atoms with E-state index in [9.17, 15) is 4.39 Å². The first-order valence-corrected chi connectivity index (χ1v) is 6.59. The molecule has 0 saturated carbocycles. The van der Waals surface area contributed by atoms with Gasteiger partial charge in [-0.1, -0.05) is 6.07 Å². The van der Waals surface area contributed by atoms with E-state index in [0.29, 0.717) is 18.9 Å². The Morgan fingerprint density at radius 3 is 2.72 bits per heavy atom. The summed E-state index contributed by atoms with van der Waals surface area (Å²) < 4.78 is 18.8. The van der Waals surface area contributed by atoms with Crippen LogP contribution in [0.1, 0.15) is 20.9 Å². The topological polar surface area (TPSA) is 35.2 Å². The lowest BCUT2D eigenvalue weighted by Crippen LogP contribution is -1.98. The summed E-state index contributed by atoms with van der Waals surface area (Å²) in [7, 11) is 0. The minimum Gasteiger partial charge on any atom is -0.488 e. The second-order valence-corrected chi connectivity index (χ2v) is 5.54. The molecule has 96 valence electrons. The maximum Gasteiger partial charge on any atom is 0.126 e. The van der Waals surface area contributed by atoms with Crippen LogP contribution in [0.25, 0.3) is 0 Å². The van der Waals surface area contributed by atoms with E-state index in [2.05, 4.69) is 6.07 Å². The molecule has 0 aliphatic carbocycles. The molecule has 0 amide bonds. The third-order valence-electron chi connectivity index (χ3n) is 2.81. The fourth-order valence-corrected chi connectivity index (χ4v) is 2.64. The molecule has 2 nitrogen and oxygen atoms in total. The molecule has 1 aromatic carbocycles. The average molecular weight is 265 g/mol. The summed E-state index contributed by atoms with van der Waals surface area (Å²) in [5.74, 6) is 0.315. The van der Waals surface area contributed by atoms with Gasteiger partial charge in [-0.15, -0.1) is 11.3 Å². The van der Waals surface area contributed by atoms with Crippen LogP contribution in [0, 0.1) is 19.7 Å². The Labute approximate surface area is 110 Å². The molecular weight excluding hydrogens is 249 g/mol. The highest BCUT2D eigenvalue weighted by Crippen LogP contribution is 2.24. The van der Waals surface area contributed by atoms with E-state index in [1.54, 1.807) is 17.4 Å². The van der Waals surface area contributed by atoms with Crippen LogP contribution in [0.2, 0.25) is 0 Å². The summed E-state index contributed by atoms with van der Waals surface area (Å²) in [6, 6.07) is 6.62. The van der Waals surface area contributed by atoms with E-state index in [1.165, 1.54) is 17.0 Å². The molecule has 4 heteroatoms. The molecule has 2 rings (SSSR count). The van der Waals surface area contributed by atoms with Gasteiger partial charge in [-0.05, 0) is 31.5 Å². The Morgan fingerprint density at radius 1 is 1.28 bits per heavy atom. The summed E-state index contributed by atoms with van der Waals surface area (Å²) in [5, 5.41) is 0. The second kappa shape index (κ2) is 5.50. The van der Waals surface area contributed by atoms with Crippen LogP contribution in [0.4, 0.5) is 4.39 Å². The van der Waals surface area contributed by atoms with Gasteiger partial charge in [0.15, 0.2) is 0 Å². The van der Waals surface area contributed by atoms with Crippen molar-refractivity contribution in [3.8, 4) is 5.75 Å². The molecule has 0 atom stereocenters. The first-order valence-electron chi connectivity index (χ1n) is 5.77. The van der Waals surface area contributed by atoms with Crippen molar-refractivity contribution in [1.82, 2.24) is 0 Å². The highest BCUT2D eigenvalue weighted by molar-refractivity contribution is 7.12. The minimum atomic E-state index is -0.278. The third-order valence-corrected chi connectivity index (χ3v) is 3.92. The molecule has 0 radical (unpaired) electrons. The van der Waals surface area contributed by atoms with Crippen LogP contribution in [-0.2, 0) is 13.2 Å². The van der Waals surface area contributed by atoms with Crippen LogP contribution in [0.3, 0.4) is 0 Å². The van der Waals surface area contributed by atoms with Gasteiger partial charge in [0.05, 0.1) is 0 Å². The van der Waals surface area contributed by atoms with Gasteiger partial charge in [-0.2, -0.15) is 0 Å². The summed E-state index contributed by atoms with van der Waals surface area (Å²) in [5.41, 5.74) is 7.65. The smallest absolute Gasteiger partial charge is 0.126 e. The number of hydrogen-bond acceptors (Lipinski definition) is 3. The molecule has 0 unspecified atom stereocenters. The Hall–Kier alpha value is -1.39. The number of aryl methyl sites for hydroxylation is 2. The van der Waals surface area contributed by atoms with Crippen LogP contribution in [-0.4, -0.2) is 0 Å². The minimum absolute atomic E-state index is 0.278. The molecule has 0 aliphatic heterocycles. The Morgan fingerprint density at radius 2 is 2.06 bits per heavy atom. The summed E-state index contributed by atoms with van der Waals surface area (Å²) in [4.78, 5) is 2.34. The molecule has 2 aromatic rings. The lowest BCUT2D eigenvalue weighted by molar-refractivity contribution is 0.302. The van der Waals surface area contributed by atoms with E-state index in [1.807, 2.05) is 13.8 Å². The maximum atomic E-state index is 13.1. The number of nitrogens with two attached hydrogens (primary N) is 1. The van der Waals surface area contributed by atoms with Crippen molar-refractivity contribution < 1.29 is 9.13 Å². The molecule has 1 heterocycles. The molecule has 0 spiro atoms. The number of rotatable bonds is 4. The van der Waals surface area contributed by atoms with Crippen molar-refractivity contribution in [1.29, 1.82) is 0 Å². The highest BCUT2D eigenvalue weighted by atomic mass is 32.1. The van der Waals surface area contributed by atoms with Gasteiger partial charge in [0, 0.05) is 27.9 Å². The van der Waals surface area contributed by atoms with Gasteiger partial charge in [-0.25, -0.2) is 4.39 Å². The first-order chi connectivity index (χ1) is 8.60. The average Bonchev–Trinajstić information content (AvgIpc) is 2.71. The predicted molar refractivity (Wildman–Crippen MR) is 72.4 cm³/mol. The third kappa shape index (κ3) is 2.89. The number of halogens is 1. The predicted octanol–water partition coefficient (Wildman–Crippen LogP) is 3.54. The number of ether oxygens (including phenoxy) is 1. The van der Waals surface area contributed by atoms with Gasteiger partial charge in [-0.3, -0.25) is 0 Å². The Kier molecular flexibility index (Phi) is 3.99. The summed E-state index contributed by atoms with van der Waals surface area (Å²) >= 11 is 1.68. The summed E-state index contributed by atoms with van der Waals surface area (Å²) in [6.07, 6.45) is 0. The zero-order valence-corrected chi connectivity index (χ0v) is 11.3. The van der Waals surface area contributed by atoms with Gasteiger partial charge >= 0.3 is 0 Å². The molecule has 0 saturated heterocycles. The number of benzene rings is 1. The van der Waals surface area contributed by atoms with Crippen molar-refractivity contribution in [2.75, 3.05) is 0 Å². The van der Waals surface area contributed by atoms with Crippen molar-refractivity contribution in [2.24, 2.45) is 5.73 Å². The van der Waals surface area contributed by atoms with Crippen LogP contribution >= 0.6 is 11.3 Å². The normalized spacial score (nSPS) is 10.7. The molecule has 0 fully saturated rings. The van der Waals surface area contributed by atoms with Crippen LogP contribution < -0.4 is 10.5 Å². The lowest BCUT2D eigenvalue weighted by Gasteiger charge is -2.08. The molecule has 0 aliphatic rings. The monoisotopic (exact) mass is 265 g/mol. The molecule has 18 heavy (non-hydrogen) atoms. The standard InChI is InChI=1S/C14H16FNOS/c1-9-3-4-12(15)6-14(9)17-8-11-5-13(7-16)18-10(11)2/h3-6H,7-8,16H2,1-2H3. The van der Waals surface area contributed by atoms with Gasteiger partial charge in [0.1, 0.15) is 18.2 Å². The van der Waals surface area contributed by atoms with Crippen molar-refractivity contribution >= 4 is 11.3 Å². The molecule has 0 bridgehead atoms. The van der Waals surface area contributed by atoms with E-state index in [0.717, 1.165) is 16.0 Å². The number of hydrogen-bond donors (Lipinski definition) is 1. The lowest BCUT2D eigenvalue weighted by atomic mass is 10.2. The SMILES string of the molecule is Cc1ccc(F)cc1OCc1cc(CN)sc1C. The quantitative estimate of drug-likeness (QED) is 0.917. The maximum absolute atomic E-state index is 13.1. The van der Waals surface area contributed by atoms with Crippen LogP contribution in [0.15, 0.2) is 24.3 Å². The van der Waals surface area contributed by atoms with E-state index in [4.69, 9.17) is 10.5 Å². The molecule has 1 aromatic heterocycles. The van der Waals surface area contributed by atoms with Gasteiger partial charge < -0.3 is 10.5 Å².